The largest absolute Gasteiger partial charge is 0.311 e. The molecule has 0 saturated carbocycles. The van der Waals surface area contributed by atoms with Crippen LogP contribution in [-0.2, 0) is 10.8 Å². The van der Waals surface area contributed by atoms with Crippen LogP contribution in [0.3, 0.4) is 0 Å². The summed E-state index contributed by atoms with van der Waals surface area (Å²) in [4.78, 5) is 4.75. The summed E-state index contributed by atoms with van der Waals surface area (Å²) in [5.74, 6) is 0.681. The Bertz CT molecular complexity index is 3160. The molecule has 0 N–H and O–H groups in total. The molecule has 0 heterocycles. The van der Waals surface area contributed by atoms with Gasteiger partial charge in [-0.1, -0.05) is 184 Å². The summed E-state index contributed by atoms with van der Waals surface area (Å²) in [7, 11) is 0. The number of benzene rings is 8. The molecule has 0 aliphatic heterocycles. The van der Waals surface area contributed by atoms with Gasteiger partial charge in [0.2, 0.25) is 0 Å². The Balaban J connectivity index is 0.794. The molecule has 8 aromatic rings. The number of nitrogens with zero attached hydrogens (tertiary/aromatic N) is 2. The fourth-order valence-electron chi connectivity index (χ4n) is 12.1. The first-order valence-corrected chi connectivity index (χ1v) is 25.2. The van der Waals surface area contributed by atoms with Crippen molar-refractivity contribution in [2.24, 2.45) is 0 Å². The third-order valence-electron chi connectivity index (χ3n) is 16.0. The highest BCUT2D eigenvalue weighted by molar-refractivity contribution is 5.86. The highest BCUT2D eigenvalue weighted by atomic mass is 15.1. The van der Waals surface area contributed by atoms with Crippen LogP contribution in [0, 0.1) is 13.8 Å². The topological polar surface area (TPSA) is 6.48 Å². The molecule has 2 atom stereocenters. The Morgan fingerprint density at radius 1 is 0.357 bits per heavy atom. The van der Waals surface area contributed by atoms with Crippen molar-refractivity contribution >= 4 is 45.3 Å². The van der Waals surface area contributed by atoms with Crippen molar-refractivity contribution in [3.8, 4) is 11.1 Å². The molecule has 2 unspecified atom stereocenters. The predicted molar refractivity (Wildman–Crippen MR) is 296 cm³/mol. The first kappa shape index (κ1) is 43.6. The van der Waals surface area contributed by atoms with Gasteiger partial charge in [0.25, 0.3) is 0 Å². The van der Waals surface area contributed by atoms with Gasteiger partial charge in [0, 0.05) is 56.8 Å². The van der Waals surface area contributed by atoms with Gasteiger partial charge in [-0.25, -0.2) is 0 Å². The van der Waals surface area contributed by atoms with E-state index in [-0.39, 0.29) is 10.8 Å². The molecule has 0 saturated heterocycles. The first-order valence-electron chi connectivity index (χ1n) is 25.2. The second-order valence-corrected chi connectivity index (χ2v) is 21.1. The number of rotatable bonds is 9. The van der Waals surface area contributed by atoms with E-state index in [0.29, 0.717) is 11.8 Å². The molecule has 2 heteroatoms. The van der Waals surface area contributed by atoms with E-state index in [0.717, 1.165) is 47.0 Å². The van der Waals surface area contributed by atoms with Crippen LogP contribution in [0.4, 0.5) is 34.1 Å². The lowest BCUT2D eigenvalue weighted by Gasteiger charge is -2.28. The lowest BCUT2D eigenvalue weighted by atomic mass is 9.78. The summed E-state index contributed by atoms with van der Waals surface area (Å²) >= 11 is 0. The number of allylic oxidation sites excluding steroid dienone is 8. The van der Waals surface area contributed by atoms with Gasteiger partial charge in [-0.2, -0.15) is 0 Å². The number of hydrogen-bond donors (Lipinski definition) is 0. The van der Waals surface area contributed by atoms with Crippen LogP contribution in [0.5, 0.6) is 0 Å². The van der Waals surface area contributed by atoms with Crippen molar-refractivity contribution in [1.29, 1.82) is 0 Å². The Morgan fingerprint density at radius 2 is 0.657 bits per heavy atom. The highest BCUT2D eigenvalue weighted by Crippen LogP contribution is 2.54. The normalized spacial score (nSPS) is 18.0. The molecule has 4 aliphatic rings. The summed E-state index contributed by atoms with van der Waals surface area (Å²) in [6, 6.07) is 72.4. The van der Waals surface area contributed by atoms with Crippen LogP contribution in [0.15, 0.2) is 230 Å². The Morgan fingerprint density at radius 3 is 1.00 bits per heavy atom. The van der Waals surface area contributed by atoms with E-state index in [1.165, 1.54) is 77.9 Å². The minimum atomic E-state index is 0.0418. The number of aryl methyl sites for hydroxylation is 2. The summed E-state index contributed by atoms with van der Waals surface area (Å²) in [6.07, 6.45) is 11.7. The molecule has 70 heavy (non-hydrogen) atoms. The molecule has 342 valence electrons. The molecule has 0 fully saturated rings. The third-order valence-corrected chi connectivity index (χ3v) is 16.0. The zero-order valence-electron chi connectivity index (χ0n) is 41.2. The van der Waals surface area contributed by atoms with Crippen molar-refractivity contribution in [2.45, 2.75) is 77.0 Å². The Kier molecular flexibility index (Phi) is 10.6. The van der Waals surface area contributed by atoms with Crippen LogP contribution < -0.4 is 9.80 Å². The second-order valence-electron chi connectivity index (χ2n) is 21.1. The molecule has 0 radical (unpaired) electrons. The lowest BCUT2D eigenvalue weighted by Crippen LogP contribution is -2.17. The molecular weight excluding hydrogens is 845 g/mol. The molecule has 12 rings (SSSR count). The van der Waals surface area contributed by atoms with E-state index in [1.807, 2.05) is 0 Å². The van der Waals surface area contributed by atoms with E-state index >= 15 is 0 Å². The smallest absolute Gasteiger partial charge is 0.0462 e. The molecule has 0 amide bonds. The van der Waals surface area contributed by atoms with Crippen molar-refractivity contribution < 1.29 is 0 Å². The zero-order chi connectivity index (χ0) is 47.7. The van der Waals surface area contributed by atoms with Gasteiger partial charge in [0.05, 0.1) is 0 Å². The summed E-state index contributed by atoms with van der Waals surface area (Å²) < 4.78 is 0. The van der Waals surface area contributed by atoms with Gasteiger partial charge in [-0.3, -0.25) is 0 Å². The van der Waals surface area contributed by atoms with E-state index < -0.39 is 0 Å². The Hall–Kier alpha value is -7.68. The molecule has 0 bridgehead atoms. The second kappa shape index (κ2) is 17.1. The average Bonchev–Trinajstić information content (AvgIpc) is 3.77. The summed E-state index contributed by atoms with van der Waals surface area (Å²) in [6.45, 7) is 13.8. The van der Waals surface area contributed by atoms with Crippen LogP contribution in [-0.4, -0.2) is 0 Å². The highest BCUT2D eigenvalue weighted by Gasteiger charge is 2.39. The lowest BCUT2D eigenvalue weighted by molar-refractivity contribution is 0.649. The quantitative estimate of drug-likeness (QED) is 0.142. The zero-order valence-corrected chi connectivity index (χ0v) is 41.2. The van der Waals surface area contributed by atoms with Crippen LogP contribution in [0.1, 0.15) is 96.9 Å². The van der Waals surface area contributed by atoms with Gasteiger partial charge in [0.1, 0.15) is 0 Å². The van der Waals surface area contributed by atoms with Crippen LogP contribution >= 0.6 is 0 Å². The Labute approximate surface area is 415 Å². The fourth-order valence-corrected chi connectivity index (χ4v) is 12.1. The standard InChI is InChI=1S/C68H60N2/c1-45-15-29-53(30-16-45)69(57-37-23-49(24-38-57)51-27-41-65-61(43-51)59-11-7-9-13-63(59)67(65,3)4)55-33-19-47(20-34-55)48-21-35-56(36-22-48)70(54-31-17-46(2)18-32-54)58-39-25-50(26-40-58)52-28-42-66-62(44-52)60-12-8-10-14-64(60)68(66,5)6/h7-42,51-52H,43-44H2,1-6H3. The minimum absolute atomic E-state index is 0.0418. The minimum Gasteiger partial charge on any atom is -0.311 e. The maximum Gasteiger partial charge on any atom is 0.0462 e. The van der Waals surface area contributed by atoms with Crippen molar-refractivity contribution in [2.75, 3.05) is 9.80 Å². The van der Waals surface area contributed by atoms with Crippen molar-refractivity contribution in [3.05, 3.63) is 274 Å². The van der Waals surface area contributed by atoms with Crippen LogP contribution in [0.2, 0.25) is 0 Å². The van der Waals surface area contributed by atoms with E-state index in [1.54, 1.807) is 0 Å². The van der Waals surface area contributed by atoms with Crippen molar-refractivity contribution in [1.82, 2.24) is 0 Å². The molecule has 0 aromatic heterocycles. The van der Waals surface area contributed by atoms with Crippen molar-refractivity contribution in [3.63, 3.8) is 0 Å². The fraction of sp³-hybridized carbons (Fsp3) is 0.176. The number of fused-ring (bicyclic) bond motifs is 4. The first-order chi connectivity index (χ1) is 34.0. The average molecular weight is 905 g/mol. The maximum absolute atomic E-state index is 2.43. The molecule has 2 nitrogen and oxygen atoms in total. The number of anilines is 6. The van der Waals surface area contributed by atoms with E-state index in [4.69, 9.17) is 0 Å². The molecule has 8 aromatic carbocycles. The third kappa shape index (κ3) is 7.49. The van der Waals surface area contributed by atoms with Gasteiger partial charge < -0.3 is 9.80 Å². The van der Waals surface area contributed by atoms with Crippen LogP contribution in [0.25, 0.3) is 22.3 Å². The predicted octanol–water partition coefficient (Wildman–Crippen LogP) is 18.5. The monoisotopic (exact) mass is 904 g/mol. The summed E-state index contributed by atoms with van der Waals surface area (Å²) in [5, 5.41) is 0. The molecule has 0 spiro atoms. The van der Waals surface area contributed by atoms with Gasteiger partial charge in [0.15, 0.2) is 0 Å². The number of hydrogen-bond acceptors (Lipinski definition) is 2. The van der Waals surface area contributed by atoms with E-state index in [2.05, 4.69) is 270 Å². The maximum atomic E-state index is 2.43. The van der Waals surface area contributed by atoms with Gasteiger partial charge in [-0.05, 0) is 166 Å². The molecule has 4 aliphatic carbocycles. The van der Waals surface area contributed by atoms with E-state index in [9.17, 15) is 0 Å². The van der Waals surface area contributed by atoms with Gasteiger partial charge >= 0.3 is 0 Å². The van der Waals surface area contributed by atoms with Gasteiger partial charge in [-0.15, -0.1) is 0 Å². The molecular formula is C68H60N2. The summed E-state index contributed by atoms with van der Waals surface area (Å²) in [5.41, 5.74) is 26.2. The SMILES string of the molecule is Cc1ccc(N(c2ccc(-c3ccc(N(c4ccc(C)cc4)c4ccc(C5C=CC6=C(C5)c5ccccc5C6(C)C)cc4)cc3)cc2)c2ccc(C3C=CC4=C(C3)c3ccccc3C4(C)C)cc2)cc1.